The van der Waals surface area contributed by atoms with E-state index in [9.17, 15) is 0 Å². The lowest BCUT2D eigenvalue weighted by Gasteiger charge is -2.07. The summed E-state index contributed by atoms with van der Waals surface area (Å²) < 4.78 is 1.20. The first kappa shape index (κ1) is 11.3. The smallest absolute Gasteiger partial charge is 0.0505 e. The average Bonchev–Trinajstić information content (AvgIpc) is 2.94. The monoisotopic (exact) mass is 307 g/mol. The number of halogens is 1. The third kappa shape index (κ3) is 2.40. The number of hydrogen-bond acceptors (Lipinski definition) is 2. The molecular formula is C14H14BrNS. The third-order valence-electron chi connectivity index (χ3n) is 3.24. The molecule has 1 aromatic carbocycles. The van der Waals surface area contributed by atoms with Gasteiger partial charge in [-0.25, -0.2) is 0 Å². The zero-order valence-electron chi connectivity index (χ0n) is 9.50. The molecule has 1 aliphatic rings. The van der Waals surface area contributed by atoms with Gasteiger partial charge in [0, 0.05) is 15.0 Å². The van der Waals surface area contributed by atoms with Crippen LogP contribution in [0.5, 0.6) is 0 Å². The first-order valence-electron chi connectivity index (χ1n) is 5.90. The molecule has 1 N–H and O–H groups in total. The highest BCUT2D eigenvalue weighted by molar-refractivity contribution is 9.10. The van der Waals surface area contributed by atoms with Gasteiger partial charge in [0.15, 0.2) is 0 Å². The Balaban J connectivity index is 1.72. The van der Waals surface area contributed by atoms with Crippen LogP contribution in [0.15, 0.2) is 34.1 Å². The summed E-state index contributed by atoms with van der Waals surface area (Å²) in [5.74, 6) is 0. The topological polar surface area (TPSA) is 12.0 Å². The van der Waals surface area contributed by atoms with Crippen molar-refractivity contribution >= 4 is 33.0 Å². The van der Waals surface area contributed by atoms with Gasteiger partial charge in [-0.2, -0.15) is 0 Å². The molecule has 0 aliphatic heterocycles. The molecule has 1 nitrogen and oxygen atoms in total. The van der Waals surface area contributed by atoms with E-state index in [4.69, 9.17) is 0 Å². The van der Waals surface area contributed by atoms with Gasteiger partial charge in [0.25, 0.3) is 0 Å². The molecule has 17 heavy (non-hydrogen) atoms. The number of thiophene rings is 1. The highest BCUT2D eigenvalue weighted by Gasteiger charge is 2.10. The van der Waals surface area contributed by atoms with E-state index in [0.717, 1.165) is 6.54 Å². The Morgan fingerprint density at radius 1 is 1.18 bits per heavy atom. The van der Waals surface area contributed by atoms with Crippen molar-refractivity contribution in [2.24, 2.45) is 0 Å². The van der Waals surface area contributed by atoms with Gasteiger partial charge >= 0.3 is 0 Å². The van der Waals surface area contributed by atoms with Crippen molar-refractivity contribution in [1.29, 1.82) is 0 Å². The summed E-state index contributed by atoms with van der Waals surface area (Å²) in [6, 6.07) is 8.88. The van der Waals surface area contributed by atoms with Gasteiger partial charge < -0.3 is 5.32 Å². The standard InChI is InChI=1S/C14H14BrNS/c15-13-6-7-17-14(13)9-16-12-5-4-10-2-1-3-11(10)8-12/h4-8,16H,1-3,9H2. The molecule has 0 unspecified atom stereocenters. The van der Waals surface area contributed by atoms with E-state index >= 15 is 0 Å². The second kappa shape index (κ2) is 4.83. The number of hydrogen-bond donors (Lipinski definition) is 1. The minimum absolute atomic E-state index is 0.900. The second-order valence-corrected chi connectivity index (χ2v) is 6.24. The van der Waals surface area contributed by atoms with Gasteiger partial charge in [-0.15, -0.1) is 11.3 Å². The van der Waals surface area contributed by atoms with Crippen LogP contribution in [0.3, 0.4) is 0 Å². The van der Waals surface area contributed by atoms with E-state index in [1.54, 1.807) is 11.3 Å². The van der Waals surface area contributed by atoms with Crippen LogP contribution in [0.25, 0.3) is 0 Å². The van der Waals surface area contributed by atoms with Crippen LogP contribution < -0.4 is 5.32 Å². The molecule has 0 atom stereocenters. The van der Waals surface area contributed by atoms with Crippen LogP contribution in [0.2, 0.25) is 0 Å². The number of rotatable bonds is 3. The predicted octanol–water partition coefficient (Wildman–Crippen LogP) is 4.61. The quantitative estimate of drug-likeness (QED) is 0.873. The molecule has 2 aromatic rings. The van der Waals surface area contributed by atoms with Crippen molar-refractivity contribution in [1.82, 2.24) is 0 Å². The zero-order chi connectivity index (χ0) is 11.7. The summed E-state index contributed by atoms with van der Waals surface area (Å²) in [5, 5.41) is 5.61. The maximum atomic E-state index is 3.56. The minimum Gasteiger partial charge on any atom is -0.380 e. The van der Waals surface area contributed by atoms with Crippen molar-refractivity contribution in [2.45, 2.75) is 25.8 Å². The molecule has 88 valence electrons. The minimum atomic E-state index is 0.900. The van der Waals surface area contributed by atoms with Crippen LogP contribution in [0, 0.1) is 0 Å². The van der Waals surface area contributed by atoms with Gasteiger partial charge in [-0.1, -0.05) is 6.07 Å². The summed E-state index contributed by atoms with van der Waals surface area (Å²) in [5.41, 5.74) is 4.30. The molecular weight excluding hydrogens is 294 g/mol. The molecule has 3 rings (SSSR count). The average molecular weight is 308 g/mol. The number of fused-ring (bicyclic) bond motifs is 1. The fraction of sp³-hybridized carbons (Fsp3) is 0.286. The summed E-state index contributed by atoms with van der Waals surface area (Å²) >= 11 is 5.34. The maximum absolute atomic E-state index is 3.56. The van der Waals surface area contributed by atoms with Crippen molar-refractivity contribution < 1.29 is 0 Å². The molecule has 1 aliphatic carbocycles. The van der Waals surface area contributed by atoms with Crippen LogP contribution in [-0.2, 0) is 19.4 Å². The van der Waals surface area contributed by atoms with E-state index in [0.29, 0.717) is 0 Å². The number of aryl methyl sites for hydroxylation is 2. The highest BCUT2D eigenvalue weighted by atomic mass is 79.9. The van der Waals surface area contributed by atoms with Gasteiger partial charge in [0.05, 0.1) is 6.54 Å². The second-order valence-electron chi connectivity index (χ2n) is 4.38. The van der Waals surface area contributed by atoms with Crippen LogP contribution in [0.1, 0.15) is 22.4 Å². The Morgan fingerprint density at radius 2 is 2.06 bits per heavy atom. The van der Waals surface area contributed by atoms with E-state index < -0.39 is 0 Å². The first-order chi connectivity index (χ1) is 8.33. The maximum Gasteiger partial charge on any atom is 0.0505 e. The molecule has 1 aromatic heterocycles. The fourth-order valence-electron chi connectivity index (χ4n) is 2.32. The predicted molar refractivity (Wildman–Crippen MR) is 77.8 cm³/mol. The van der Waals surface area contributed by atoms with Gasteiger partial charge in [-0.3, -0.25) is 0 Å². The van der Waals surface area contributed by atoms with Crippen molar-refractivity contribution in [3.63, 3.8) is 0 Å². The van der Waals surface area contributed by atoms with E-state index in [1.165, 1.54) is 45.4 Å². The zero-order valence-corrected chi connectivity index (χ0v) is 11.9. The Bertz CT molecular complexity index is 533. The van der Waals surface area contributed by atoms with E-state index in [-0.39, 0.29) is 0 Å². The Kier molecular flexibility index (Phi) is 3.21. The molecule has 0 radical (unpaired) electrons. The Morgan fingerprint density at radius 3 is 2.88 bits per heavy atom. The number of benzene rings is 1. The SMILES string of the molecule is Brc1ccsc1CNc1ccc2c(c1)CCC2. The summed E-state index contributed by atoms with van der Waals surface area (Å²) in [6.45, 7) is 0.900. The summed E-state index contributed by atoms with van der Waals surface area (Å²) in [7, 11) is 0. The molecule has 0 saturated carbocycles. The van der Waals surface area contributed by atoms with Crippen LogP contribution in [-0.4, -0.2) is 0 Å². The van der Waals surface area contributed by atoms with Gasteiger partial charge in [0.2, 0.25) is 0 Å². The summed E-state index contributed by atoms with van der Waals surface area (Å²) in [6.07, 6.45) is 3.81. The van der Waals surface area contributed by atoms with Crippen molar-refractivity contribution in [3.8, 4) is 0 Å². The molecule has 0 bridgehead atoms. The lowest BCUT2D eigenvalue weighted by atomic mass is 10.1. The first-order valence-corrected chi connectivity index (χ1v) is 7.58. The molecule has 0 fully saturated rings. The highest BCUT2D eigenvalue weighted by Crippen LogP contribution is 2.27. The normalized spacial score (nSPS) is 13.7. The molecule has 3 heteroatoms. The van der Waals surface area contributed by atoms with Crippen molar-refractivity contribution in [3.05, 3.63) is 50.1 Å². The van der Waals surface area contributed by atoms with E-state index in [1.807, 2.05) is 0 Å². The molecule has 1 heterocycles. The fourth-order valence-corrected chi connectivity index (χ4v) is 3.75. The van der Waals surface area contributed by atoms with Gasteiger partial charge in [0.1, 0.15) is 0 Å². The lowest BCUT2D eigenvalue weighted by molar-refractivity contribution is 0.912. The van der Waals surface area contributed by atoms with Crippen molar-refractivity contribution in [2.75, 3.05) is 5.32 Å². The largest absolute Gasteiger partial charge is 0.380 e. The van der Waals surface area contributed by atoms with Crippen LogP contribution >= 0.6 is 27.3 Å². The lowest BCUT2D eigenvalue weighted by Crippen LogP contribution is -1.98. The number of nitrogens with one attached hydrogen (secondary N) is 1. The number of anilines is 1. The van der Waals surface area contributed by atoms with Crippen LogP contribution in [0.4, 0.5) is 5.69 Å². The Hall–Kier alpha value is -0.800. The Labute approximate surface area is 114 Å². The molecule has 0 amide bonds. The summed E-state index contributed by atoms with van der Waals surface area (Å²) in [4.78, 5) is 1.35. The third-order valence-corrected chi connectivity index (χ3v) is 5.17. The molecule has 0 spiro atoms. The van der Waals surface area contributed by atoms with Gasteiger partial charge in [-0.05, 0) is 69.9 Å². The van der Waals surface area contributed by atoms with E-state index in [2.05, 4.69) is 50.9 Å². The molecule has 0 saturated heterocycles.